The average molecular weight is 460 g/mol. The van der Waals surface area contributed by atoms with Gasteiger partial charge in [-0.25, -0.2) is 9.97 Å². The lowest BCUT2D eigenvalue weighted by Gasteiger charge is -2.39. The minimum Gasteiger partial charge on any atom is -0.487 e. The van der Waals surface area contributed by atoms with Crippen molar-refractivity contribution < 1.29 is 13.9 Å². The van der Waals surface area contributed by atoms with Crippen molar-refractivity contribution in [3.8, 4) is 11.8 Å². The largest absolute Gasteiger partial charge is 0.487 e. The lowest BCUT2D eigenvalue weighted by Crippen LogP contribution is -2.50. The predicted octanol–water partition coefficient (Wildman–Crippen LogP) is 3.32. The number of ether oxygens (including phenoxy) is 2. The van der Waals surface area contributed by atoms with E-state index in [2.05, 4.69) is 20.9 Å². The summed E-state index contributed by atoms with van der Waals surface area (Å²) in [6.45, 7) is 5.49. The molecule has 1 aromatic carbocycles. The van der Waals surface area contributed by atoms with Crippen LogP contribution in [-0.4, -0.2) is 46.4 Å². The standard InChI is InChI=1S/C25H25N5O4/c1-4-32-23-14-30(20-12-24(31)29(3)19-7-5-16(13-26)28-25(19)20)10-9-22(23)34-17-6-8-21-18(11-17)27-15(2)33-21/h5-8,11-12,22-23H,4,9-10,14H2,1-3H3/t22-,23-/m0/s1. The Morgan fingerprint density at radius 3 is 2.85 bits per heavy atom. The Balaban J connectivity index is 1.44. The fourth-order valence-electron chi connectivity index (χ4n) is 4.51. The third-order valence-corrected chi connectivity index (χ3v) is 6.16. The molecule has 5 rings (SSSR count). The van der Waals surface area contributed by atoms with E-state index >= 15 is 0 Å². The SMILES string of the molecule is CCO[C@H]1CN(c2cc(=O)n(C)c3ccc(C#N)nc23)CC[C@@H]1Oc1ccc2oc(C)nc2c1. The minimum atomic E-state index is -0.216. The van der Waals surface area contributed by atoms with Crippen LogP contribution in [0.4, 0.5) is 5.69 Å². The molecule has 1 fully saturated rings. The highest BCUT2D eigenvalue weighted by molar-refractivity contribution is 5.88. The van der Waals surface area contributed by atoms with Crippen LogP contribution in [-0.2, 0) is 11.8 Å². The summed E-state index contributed by atoms with van der Waals surface area (Å²) in [4.78, 5) is 23.6. The Kier molecular flexibility index (Phi) is 5.67. The van der Waals surface area contributed by atoms with Gasteiger partial charge < -0.3 is 23.4 Å². The average Bonchev–Trinajstić information content (AvgIpc) is 3.21. The number of benzene rings is 1. The fraction of sp³-hybridized carbons (Fsp3) is 0.360. The van der Waals surface area contributed by atoms with Gasteiger partial charge in [-0.1, -0.05) is 0 Å². The van der Waals surface area contributed by atoms with Gasteiger partial charge in [0, 0.05) is 52.2 Å². The monoisotopic (exact) mass is 459 g/mol. The molecule has 0 amide bonds. The number of hydrogen-bond acceptors (Lipinski definition) is 8. The van der Waals surface area contributed by atoms with Crippen LogP contribution in [0, 0.1) is 18.3 Å². The number of pyridine rings is 2. The van der Waals surface area contributed by atoms with Gasteiger partial charge in [0.05, 0.1) is 11.2 Å². The highest BCUT2D eigenvalue weighted by Crippen LogP contribution is 2.30. The summed E-state index contributed by atoms with van der Waals surface area (Å²) in [6, 6.07) is 12.7. The molecule has 1 aliphatic rings. The molecule has 2 atom stereocenters. The molecule has 0 saturated carbocycles. The summed E-state index contributed by atoms with van der Waals surface area (Å²) in [7, 11) is 1.71. The second-order valence-electron chi connectivity index (χ2n) is 8.35. The van der Waals surface area contributed by atoms with E-state index < -0.39 is 0 Å². The maximum absolute atomic E-state index is 12.6. The molecule has 0 radical (unpaired) electrons. The maximum Gasteiger partial charge on any atom is 0.252 e. The van der Waals surface area contributed by atoms with Gasteiger partial charge in [-0.3, -0.25) is 4.79 Å². The van der Waals surface area contributed by atoms with E-state index in [-0.39, 0.29) is 17.8 Å². The Hall–Kier alpha value is -3.90. The van der Waals surface area contributed by atoms with Crippen LogP contribution in [0.1, 0.15) is 24.9 Å². The molecule has 0 bridgehead atoms. The third-order valence-electron chi connectivity index (χ3n) is 6.16. The second kappa shape index (κ2) is 8.80. The van der Waals surface area contributed by atoms with Crippen LogP contribution in [0.3, 0.4) is 0 Å². The molecule has 9 heteroatoms. The van der Waals surface area contributed by atoms with Crippen molar-refractivity contribution in [1.82, 2.24) is 14.5 Å². The highest BCUT2D eigenvalue weighted by atomic mass is 16.5. The maximum atomic E-state index is 12.6. The first-order valence-electron chi connectivity index (χ1n) is 11.3. The van der Waals surface area contributed by atoms with Crippen LogP contribution in [0.25, 0.3) is 22.1 Å². The van der Waals surface area contributed by atoms with Crippen molar-refractivity contribution in [2.24, 2.45) is 7.05 Å². The van der Waals surface area contributed by atoms with Gasteiger partial charge in [0.2, 0.25) is 0 Å². The van der Waals surface area contributed by atoms with E-state index in [1.807, 2.05) is 32.0 Å². The number of oxazole rings is 1. The molecule has 1 aliphatic heterocycles. The van der Waals surface area contributed by atoms with Gasteiger partial charge in [0.25, 0.3) is 5.56 Å². The molecule has 1 saturated heterocycles. The van der Waals surface area contributed by atoms with Gasteiger partial charge in [-0.2, -0.15) is 5.26 Å². The van der Waals surface area contributed by atoms with Crippen LogP contribution < -0.4 is 15.2 Å². The zero-order chi connectivity index (χ0) is 23.8. The number of piperidine rings is 1. The minimum absolute atomic E-state index is 0.128. The summed E-state index contributed by atoms with van der Waals surface area (Å²) in [5, 5.41) is 9.33. The number of fused-ring (bicyclic) bond motifs is 2. The van der Waals surface area contributed by atoms with E-state index in [0.29, 0.717) is 60.2 Å². The Morgan fingerprint density at radius 2 is 2.06 bits per heavy atom. The van der Waals surface area contributed by atoms with Gasteiger partial charge in [0.1, 0.15) is 40.8 Å². The summed E-state index contributed by atoms with van der Waals surface area (Å²) in [5.41, 5.74) is 3.68. The van der Waals surface area contributed by atoms with E-state index in [4.69, 9.17) is 13.9 Å². The van der Waals surface area contributed by atoms with Crippen molar-refractivity contribution in [3.05, 3.63) is 58.3 Å². The summed E-state index contributed by atoms with van der Waals surface area (Å²) in [5.74, 6) is 1.32. The quantitative estimate of drug-likeness (QED) is 0.447. The van der Waals surface area contributed by atoms with Gasteiger partial charge >= 0.3 is 0 Å². The second-order valence-corrected chi connectivity index (χ2v) is 8.35. The van der Waals surface area contributed by atoms with Crippen molar-refractivity contribution in [3.63, 3.8) is 0 Å². The number of rotatable bonds is 5. The topological polar surface area (TPSA) is 106 Å². The molecule has 3 aromatic heterocycles. The smallest absolute Gasteiger partial charge is 0.252 e. The lowest BCUT2D eigenvalue weighted by atomic mass is 10.0. The van der Waals surface area contributed by atoms with Crippen molar-refractivity contribution in [2.45, 2.75) is 32.5 Å². The highest BCUT2D eigenvalue weighted by Gasteiger charge is 2.33. The Labute approximate surface area is 196 Å². The van der Waals surface area contributed by atoms with E-state index in [1.165, 1.54) is 0 Å². The zero-order valence-corrected chi connectivity index (χ0v) is 19.3. The molecule has 0 N–H and O–H groups in total. The molecule has 9 nitrogen and oxygen atoms in total. The fourth-order valence-corrected chi connectivity index (χ4v) is 4.51. The number of anilines is 1. The molecule has 0 aliphatic carbocycles. The normalized spacial score (nSPS) is 18.4. The number of nitrogens with zero attached hydrogens (tertiary/aromatic N) is 5. The number of aromatic nitrogens is 3. The first-order chi connectivity index (χ1) is 16.5. The van der Waals surface area contributed by atoms with Crippen molar-refractivity contribution in [1.29, 1.82) is 5.26 Å². The van der Waals surface area contributed by atoms with Gasteiger partial charge in [-0.15, -0.1) is 0 Å². The molecule has 0 unspecified atom stereocenters. The van der Waals surface area contributed by atoms with Gasteiger partial charge in [0.15, 0.2) is 11.5 Å². The Bertz CT molecular complexity index is 1470. The van der Waals surface area contributed by atoms with E-state index in [0.717, 1.165) is 11.1 Å². The van der Waals surface area contributed by atoms with Crippen molar-refractivity contribution in [2.75, 3.05) is 24.6 Å². The van der Waals surface area contributed by atoms with E-state index in [1.54, 1.807) is 29.8 Å². The molecular weight excluding hydrogens is 434 g/mol. The predicted molar refractivity (Wildman–Crippen MR) is 127 cm³/mol. The summed E-state index contributed by atoms with van der Waals surface area (Å²) >= 11 is 0. The molecule has 0 spiro atoms. The van der Waals surface area contributed by atoms with Crippen LogP contribution in [0.15, 0.2) is 45.6 Å². The molecular formula is C25H25N5O4. The molecule has 174 valence electrons. The zero-order valence-electron chi connectivity index (χ0n) is 19.3. The van der Waals surface area contributed by atoms with Crippen LogP contribution in [0.5, 0.6) is 5.75 Å². The first-order valence-corrected chi connectivity index (χ1v) is 11.3. The third kappa shape index (κ3) is 3.97. The molecule has 4 heterocycles. The molecule has 4 aromatic rings. The first kappa shape index (κ1) is 21.9. The Morgan fingerprint density at radius 1 is 1.21 bits per heavy atom. The summed E-state index contributed by atoms with van der Waals surface area (Å²) < 4.78 is 19.5. The van der Waals surface area contributed by atoms with Crippen LogP contribution in [0.2, 0.25) is 0 Å². The van der Waals surface area contributed by atoms with Gasteiger partial charge in [-0.05, 0) is 31.2 Å². The van der Waals surface area contributed by atoms with E-state index in [9.17, 15) is 10.1 Å². The molecule has 34 heavy (non-hydrogen) atoms. The lowest BCUT2D eigenvalue weighted by molar-refractivity contribution is -0.0279. The van der Waals surface area contributed by atoms with Crippen molar-refractivity contribution >= 4 is 27.8 Å². The van der Waals surface area contributed by atoms with Crippen LogP contribution >= 0.6 is 0 Å². The number of nitriles is 1. The summed E-state index contributed by atoms with van der Waals surface area (Å²) in [6.07, 6.45) is 0.309. The number of hydrogen-bond donors (Lipinski definition) is 0. The number of aryl methyl sites for hydroxylation is 2.